The van der Waals surface area contributed by atoms with Crippen LogP contribution in [0.1, 0.15) is 55.2 Å². The number of nitrogens with one attached hydrogen (secondary N) is 1. The number of hydrogen-bond acceptors (Lipinski definition) is 3. The number of hydrogen-bond donors (Lipinski definition) is 1. The maximum Gasteiger partial charge on any atom is 0.251 e. The fourth-order valence-electron chi connectivity index (χ4n) is 2.65. The van der Waals surface area contributed by atoms with E-state index in [-0.39, 0.29) is 11.9 Å². The van der Waals surface area contributed by atoms with E-state index in [0.717, 1.165) is 16.9 Å². The molecule has 0 unspecified atom stereocenters. The number of carbonyl (C=O) groups is 1. The Morgan fingerprint density at radius 3 is 2.44 bits per heavy atom. The van der Waals surface area contributed by atoms with Crippen LogP contribution in [-0.2, 0) is 11.3 Å². The lowest BCUT2D eigenvalue weighted by molar-refractivity contribution is 0.0928. The zero-order valence-corrected chi connectivity index (χ0v) is 17.2. The van der Waals surface area contributed by atoms with Crippen molar-refractivity contribution in [1.29, 1.82) is 0 Å². The molecule has 0 aromatic heterocycles. The number of halogens is 1. The highest BCUT2D eigenvalue weighted by Gasteiger charge is 2.14. The molecule has 146 valence electrons. The molecule has 0 spiro atoms. The molecule has 0 radical (unpaired) electrons. The molecule has 27 heavy (non-hydrogen) atoms. The Bertz CT molecular complexity index is 744. The van der Waals surface area contributed by atoms with Gasteiger partial charge >= 0.3 is 0 Å². The topological polar surface area (TPSA) is 47.6 Å². The Hall–Kier alpha value is -2.04. The van der Waals surface area contributed by atoms with Crippen LogP contribution in [0.2, 0.25) is 5.02 Å². The Balaban J connectivity index is 2.11. The van der Waals surface area contributed by atoms with Crippen LogP contribution < -0.4 is 10.1 Å². The summed E-state index contributed by atoms with van der Waals surface area (Å²) in [5.74, 6) is 1.07. The van der Waals surface area contributed by atoms with E-state index in [4.69, 9.17) is 21.1 Å². The Labute approximate surface area is 166 Å². The van der Waals surface area contributed by atoms with Crippen molar-refractivity contribution in [3.8, 4) is 5.75 Å². The molecule has 0 aliphatic rings. The average molecular weight is 390 g/mol. The van der Waals surface area contributed by atoms with Gasteiger partial charge in [0.15, 0.2) is 0 Å². The second kappa shape index (κ2) is 10.3. The Kier molecular flexibility index (Phi) is 8.14. The Morgan fingerprint density at radius 1 is 1.11 bits per heavy atom. The summed E-state index contributed by atoms with van der Waals surface area (Å²) in [5, 5.41) is 3.70. The van der Waals surface area contributed by atoms with E-state index in [1.54, 1.807) is 6.07 Å². The lowest BCUT2D eigenvalue weighted by Crippen LogP contribution is -2.26. The van der Waals surface area contributed by atoms with E-state index in [9.17, 15) is 4.79 Å². The molecule has 1 N–H and O–H groups in total. The van der Waals surface area contributed by atoms with Crippen LogP contribution in [0, 0.1) is 5.92 Å². The summed E-state index contributed by atoms with van der Waals surface area (Å²) in [6, 6.07) is 12.8. The number of rotatable bonds is 9. The van der Waals surface area contributed by atoms with Gasteiger partial charge in [0.05, 0.1) is 19.3 Å². The van der Waals surface area contributed by atoms with Gasteiger partial charge in [0, 0.05) is 22.8 Å². The molecule has 2 aromatic carbocycles. The van der Waals surface area contributed by atoms with Crippen molar-refractivity contribution >= 4 is 17.5 Å². The average Bonchev–Trinajstić information content (AvgIpc) is 2.63. The molecule has 4 nitrogen and oxygen atoms in total. The minimum absolute atomic E-state index is 0.123. The first-order valence-electron chi connectivity index (χ1n) is 9.30. The Morgan fingerprint density at radius 2 is 1.81 bits per heavy atom. The SMILES string of the molecule is CCOc1ccc(C(=O)N[C@@H](C)c2ccc(Cl)cc2)cc1COCC(C)C. The van der Waals surface area contributed by atoms with Crippen LogP contribution in [0.4, 0.5) is 0 Å². The molecule has 1 amide bonds. The quantitative estimate of drug-likeness (QED) is 0.624. The zero-order valence-electron chi connectivity index (χ0n) is 16.4. The predicted octanol–water partition coefficient (Wildman–Crippen LogP) is 5.40. The van der Waals surface area contributed by atoms with Gasteiger partial charge < -0.3 is 14.8 Å². The van der Waals surface area contributed by atoms with Crippen LogP contribution in [-0.4, -0.2) is 19.1 Å². The largest absolute Gasteiger partial charge is 0.494 e. The first-order chi connectivity index (χ1) is 12.9. The van der Waals surface area contributed by atoms with Gasteiger partial charge in [-0.3, -0.25) is 4.79 Å². The van der Waals surface area contributed by atoms with Gasteiger partial charge in [-0.05, 0) is 55.7 Å². The first kappa shape index (κ1) is 21.3. The summed E-state index contributed by atoms with van der Waals surface area (Å²) in [6.07, 6.45) is 0. The summed E-state index contributed by atoms with van der Waals surface area (Å²) in [4.78, 5) is 12.7. The fraction of sp³-hybridized carbons (Fsp3) is 0.409. The lowest BCUT2D eigenvalue weighted by atomic mass is 10.1. The van der Waals surface area contributed by atoms with Gasteiger partial charge in [-0.2, -0.15) is 0 Å². The second-order valence-corrected chi connectivity index (χ2v) is 7.35. The normalized spacial score (nSPS) is 12.1. The van der Waals surface area contributed by atoms with Crippen molar-refractivity contribution in [2.24, 2.45) is 5.92 Å². The van der Waals surface area contributed by atoms with Crippen LogP contribution in [0.15, 0.2) is 42.5 Å². The summed E-state index contributed by atoms with van der Waals surface area (Å²) in [7, 11) is 0. The predicted molar refractivity (Wildman–Crippen MR) is 109 cm³/mol. The van der Waals surface area contributed by atoms with E-state index in [1.807, 2.05) is 50.2 Å². The highest BCUT2D eigenvalue weighted by atomic mass is 35.5. The van der Waals surface area contributed by atoms with Crippen molar-refractivity contribution in [2.45, 2.75) is 40.3 Å². The molecule has 0 fully saturated rings. The van der Waals surface area contributed by atoms with Crippen LogP contribution in [0.3, 0.4) is 0 Å². The number of carbonyl (C=O) groups excluding carboxylic acids is 1. The number of ether oxygens (including phenoxy) is 2. The van der Waals surface area contributed by atoms with Crippen LogP contribution >= 0.6 is 11.6 Å². The van der Waals surface area contributed by atoms with Crippen molar-refractivity contribution in [1.82, 2.24) is 5.32 Å². The third kappa shape index (κ3) is 6.56. The maximum atomic E-state index is 12.7. The lowest BCUT2D eigenvalue weighted by Gasteiger charge is -2.16. The minimum atomic E-state index is -0.134. The van der Waals surface area contributed by atoms with Gasteiger partial charge in [0.25, 0.3) is 5.91 Å². The van der Waals surface area contributed by atoms with Crippen LogP contribution in [0.25, 0.3) is 0 Å². The van der Waals surface area contributed by atoms with E-state index in [1.165, 1.54) is 0 Å². The molecular weight excluding hydrogens is 362 g/mol. The van der Waals surface area contributed by atoms with Crippen molar-refractivity contribution < 1.29 is 14.3 Å². The van der Waals surface area contributed by atoms with Crippen molar-refractivity contribution in [3.63, 3.8) is 0 Å². The van der Waals surface area contributed by atoms with Gasteiger partial charge in [-0.15, -0.1) is 0 Å². The van der Waals surface area contributed by atoms with Gasteiger partial charge in [-0.1, -0.05) is 37.6 Å². The summed E-state index contributed by atoms with van der Waals surface area (Å²) < 4.78 is 11.4. The molecule has 0 saturated carbocycles. The summed E-state index contributed by atoms with van der Waals surface area (Å²) >= 11 is 5.93. The molecular formula is C22H28ClNO3. The van der Waals surface area contributed by atoms with Crippen molar-refractivity contribution in [3.05, 3.63) is 64.2 Å². The zero-order chi connectivity index (χ0) is 19.8. The van der Waals surface area contributed by atoms with E-state index in [0.29, 0.717) is 36.3 Å². The molecule has 0 saturated heterocycles. The third-order valence-corrected chi connectivity index (χ3v) is 4.30. The molecule has 0 bridgehead atoms. The molecule has 0 heterocycles. The molecule has 0 aliphatic heterocycles. The molecule has 0 aliphatic carbocycles. The highest BCUT2D eigenvalue weighted by molar-refractivity contribution is 6.30. The van der Waals surface area contributed by atoms with Crippen LogP contribution in [0.5, 0.6) is 5.75 Å². The molecule has 2 rings (SSSR count). The van der Waals surface area contributed by atoms with E-state index in [2.05, 4.69) is 19.2 Å². The minimum Gasteiger partial charge on any atom is -0.494 e. The summed E-state index contributed by atoms with van der Waals surface area (Å²) in [6.45, 7) is 9.74. The maximum absolute atomic E-state index is 12.7. The first-order valence-corrected chi connectivity index (χ1v) is 9.68. The van der Waals surface area contributed by atoms with E-state index < -0.39 is 0 Å². The molecule has 1 atom stereocenters. The molecule has 2 aromatic rings. The van der Waals surface area contributed by atoms with Gasteiger partial charge in [0.1, 0.15) is 5.75 Å². The summed E-state index contributed by atoms with van der Waals surface area (Å²) in [5.41, 5.74) is 2.46. The third-order valence-electron chi connectivity index (χ3n) is 4.05. The molecule has 5 heteroatoms. The van der Waals surface area contributed by atoms with Gasteiger partial charge in [0.2, 0.25) is 0 Å². The standard InChI is InChI=1S/C22H28ClNO3/c1-5-27-21-11-8-18(12-19(21)14-26-13-15(2)3)22(25)24-16(4)17-6-9-20(23)10-7-17/h6-12,15-16H,5,13-14H2,1-4H3,(H,24,25)/t16-/m0/s1. The second-order valence-electron chi connectivity index (χ2n) is 6.91. The van der Waals surface area contributed by atoms with Crippen molar-refractivity contribution in [2.75, 3.05) is 13.2 Å². The number of amides is 1. The van der Waals surface area contributed by atoms with E-state index >= 15 is 0 Å². The number of benzene rings is 2. The highest BCUT2D eigenvalue weighted by Crippen LogP contribution is 2.23. The smallest absolute Gasteiger partial charge is 0.251 e. The van der Waals surface area contributed by atoms with Gasteiger partial charge in [-0.25, -0.2) is 0 Å². The monoisotopic (exact) mass is 389 g/mol. The fourth-order valence-corrected chi connectivity index (χ4v) is 2.78.